The Balaban J connectivity index is 2.18. The number of benzene rings is 1. The third-order valence-corrected chi connectivity index (χ3v) is 3.06. The van der Waals surface area contributed by atoms with E-state index in [9.17, 15) is 0 Å². The van der Waals surface area contributed by atoms with Crippen LogP contribution < -0.4 is 0 Å². The molecule has 0 atom stereocenters. The van der Waals surface area contributed by atoms with Crippen LogP contribution in [0.4, 0.5) is 0 Å². The maximum Gasteiger partial charge on any atom is 0.0727 e. The summed E-state index contributed by atoms with van der Waals surface area (Å²) in [5, 5.41) is 0. The van der Waals surface area contributed by atoms with Gasteiger partial charge in [-0.3, -0.25) is 0 Å². The maximum absolute atomic E-state index is 5.62. The SMILES string of the molecule is CC(C)CCCOCc1ccccc1Br. The first-order valence-corrected chi connectivity index (χ1v) is 6.30. The topological polar surface area (TPSA) is 9.23 Å². The van der Waals surface area contributed by atoms with E-state index in [1.54, 1.807) is 0 Å². The lowest BCUT2D eigenvalue weighted by Crippen LogP contribution is -1.98. The van der Waals surface area contributed by atoms with Crippen molar-refractivity contribution in [1.82, 2.24) is 0 Å². The molecule has 2 heteroatoms. The van der Waals surface area contributed by atoms with E-state index < -0.39 is 0 Å². The van der Waals surface area contributed by atoms with Crippen molar-refractivity contribution in [1.29, 1.82) is 0 Å². The van der Waals surface area contributed by atoms with Gasteiger partial charge in [-0.15, -0.1) is 0 Å². The number of rotatable bonds is 6. The largest absolute Gasteiger partial charge is 0.377 e. The molecule has 0 fully saturated rings. The van der Waals surface area contributed by atoms with Crippen LogP contribution in [0.15, 0.2) is 28.7 Å². The Morgan fingerprint density at radius 2 is 2.00 bits per heavy atom. The van der Waals surface area contributed by atoms with Crippen LogP contribution in [0.2, 0.25) is 0 Å². The van der Waals surface area contributed by atoms with Crippen LogP contribution in [-0.4, -0.2) is 6.61 Å². The van der Waals surface area contributed by atoms with Crippen LogP contribution in [0.5, 0.6) is 0 Å². The maximum atomic E-state index is 5.62. The molecule has 0 saturated carbocycles. The van der Waals surface area contributed by atoms with E-state index in [4.69, 9.17) is 4.74 Å². The lowest BCUT2D eigenvalue weighted by molar-refractivity contribution is 0.114. The van der Waals surface area contributed by atoms with Crippen molar-refractivity contribution in [2.75, 3.05) is 6.61 Å². The molecule has 0 unspecified atom stereocenters. The highest BCUT2D eigenvalue weighted by molar-refractivity contribution is 9.10. The Morgan fingerprint density at radius 1 is 1.27 bits per heavy atom. The predicted molar refractivity (Wildman–Crippen MR) is 67.9 cm³/mol. The fraction of sp³-hybridized carbons (Fsp3) is 0.538. The fourth-order valence-electron chi connectivity index (χ4n) is 1.39. The van der Waals surface area contributed by atoms with E-state index in [2.05, 4.69) is 35.8 Å². The van der Waals surface area contributed by atoms with E-state index in [0.717, 1.165) is 23.4 Å². The second-order valence-electron chi connectivity index (χ2n) is 4.18. The molecule has 0 spiro atoms. The molecule has 1 rings (SSSR count). The van der Waals surface area contributed by atoms with Crippen molar-refractivity contribution in [3.63, 3.8) is 0 Å². The molecule has 84 valence electrons. The van der Waals surface area contributed by atoms with Crippen molar-refractivity contribution < 1.29 is 4.74 Å². The summed E-state index contributed by atoms with van der Waals surface area (Å²) in [6.07, 6.45) is 2.40. The van der Waals surface area contributed by atoms with E-state index in [0.29, 0.717) is 6.61 Å². The summed E-state index contributed by atoms with van der Waals surface area (Å²) in [6, 6.07) is 8.20. The van der Waals surface area contributed by atoms with E-state index >= 15 is 0 Å². The zero-order valence-corrected chi connectivity index (χ0v) is 11.1. The Morgan fingerprint density at radius 3 is 2.67 bits per heavy atom. The van der Waals surface area contributed by atoms with Gasteiger partial charge < -0.3 is 4.74 Å². The Bertz CT molecular complexity index is 284. The second kappa shape index (κ2) is 7.02. The minimum Gasteiger partial charge on any atom is -0.377 e. The number of hydrogen-bond acceptors (Lipinski definition) is 1. The van der Waals surface area contributed by atoms with Gasteiger partial charge in [0.05, 0.1) is 6.61 Å². The zero-order valence-electron chi connectivity index (χ0n) is 9.50. The summed E-state index contributed by atoms with van der Waals surface area (Å²) in [6.45, 7) is 6.06. The van der Waals surface area contributed by atoms with Gasteiger partial charge in [-0.1, -0.05) is 48.0 Å². The van der Waals surface area contributed by atoms with Gasteiger partial charge >= 0.3 is 0 Å². The van der Waals surface area contributed by atoms with Gasteiger partial charge in [0.1, 0.15) is 0 Å². The van der Waals surface area contributed by atoms with Gasteiger partial charge in [0.2, 0.25) is 0 Å². The first-order chi connectivity index (χ1) is 7.20. The smallest absolute Gasteiger partial charge is 0.0727 e. The van der Waals surface area contributed by atoms with Gasteiger partial charge in [0.25, 0.3) is 0 Å². The molecule has 0 N–H and O–H groups in total. The highest BCUT2D eigenvalue weighted by Crippen LogP contribution is 2.16. The van der Waals surface area contributed by atoms with Gasteiger partial charge in [0, 0.05) is 11.1 Å². The van der Waals surface area contributed by atoms with Gasteiger partial charge in [-0.05, 0) is 30.4 Å². The number of ether oxygens (including phenoxy) is 1. The van der Waals surface area contributed by atoms with Gasteiger partial charge in [-0.2, -0.15) is 0 Å². The molecule has 0 amide bonds. The highest BCUT2D eigenvalue weighted by Gasteiger charge is 1.98. The van der Waals surface area contributed by atoms with Crippen molar-refractivity contribution in [3.05, 3.63) is 34.3 Å². The molecule has 0 bridgehead atoms. The molecule has 0 aliphatic heterocycles. The van der Waals surface area contributed by atoms with Crippen LogP contribution in [0.25, 0.3) is 0 Å². The molecule has 0 aliphatic rings. The van der Waals surface area contributed by atoms with Crippen LogP contribution in [0.1, 0.15) is 32.3 Å². The predicted octanol–water partition coefficient (Wildman–Crippen LogP) is 4.40. The van der Waals surface area contributed by atoms with E-state index in [1.165, 1.54) is 12.0 Å². The van der Waals surface area contributed by atoms with Gasteiger partial charge in [-0.25, -0.2) is 0 Å². The summed E-state index contributed by atoms with van der Waals surface area (Å²) < 4.78 is 6.75. The second-order valence-corrected chi connectivity index (χ2v) is 5.03. The third-order valence-electron chi connectivity index (χ3n) is 2.29. The zero-order chi connectivity index (χ0) is 11.1. The lowest BCUT2D eigenvalue weighted by atomic mass is 10.1. The van der Waals surface area contributed by atoms with Crippen LogP contribution in [0.3, 0.4) is 0 Å². The first kappa shape index (κ1) is 12.7. The lowest BCUT2D eigenvalue weighted by Gasteiger charge is -2.07. The number of halogens is 1. The molecule has 1 aromatic carbocycles. The third kappa shape index (κ3) is 5.33. The highest BCUT2D eigenvalue weighted by atomic mass is 79.9. The van der Waals surface area contributed by atoms with Crippen LogP contribution in [0, 0.1) is 5.92 Å². The average Bonchev–Trinajstić information content (AvgIpc) is 2.20. The molecule has 15 heavy (non-hydrogen) atoms. The Labute approximate surface area is 101 Å². The summed E-state index contributed by atoms with van der Waals surface area (Å²) in [5.74, 6) is 0.775. The monoisotopic (exact) mass is 270 g/mol. The van der Waals surface area contributed by atoms with Crippen LogP contribution in [-0.2, 0) is 11.3 Å². The summed E-state index contributed by atoms with van der Waals surface area (Å²) in [7, 11) is 0. The molecule has 1 nitrogen and oxygen atoms in total. The quantitative estimate of drug-likeness (QED) is 0.697. The normalized spacial score (nSPS) is 10.9. The summed E-state index contributed by atoms with van der Waals surface area (Å²) >= 11 is 3.51. The van der Waals surface area contributed by atoms with Crippen LogP contribution >= 0.6 is 15.9 Å². The average molecular weight is 271 g/mol. The fourth-order valence-corrected chi connectivity index (χ4v) is 1.79. The molecule has 0 heterocycles. The molecule has 0 aliphatic carbocycles. The standard InChI is InChI=1S/C13H19BrO/c1-11(2)6-5-9-15-10-12-7-3-4-8-13(12)14/h3-4,7-8,11H,5-6,9-10H2,1-2H3. The minimum atomic E-state index is 0.708. The molecule has 0 saturated heterocycles. The van der Waals surface area contributed by atoms with Crippen molar-refractivity contribution in [2.45, 2.75) is 33.3 Å². The molecule has 0 aromatic heterocycles. The minimum absolute atomic E-state index is 0.708. The van der Waals surface area contributed by atoms with Crippen molar-refractivity contribution in [3.8, 4) is 0 Å². The molecular weight excluding hydrogens is 252 g/mol. The van der Waals surface area contributed by atoms with E-state index in [1.807, 2.05) is 18.2 Å². The number of hydrogen-bond donors (Lipinski definition) is 0. The Kier molecular flexibility index (Phi) is 5.96. The van der Waals surface area contributed by atoms with Crippen molar-refractivity contribution >= 4 is 15.9 Å². The molecular formula is C13H19BrO. The summed E-state index contributed by atoms with van der Waals surface area (Å²) in [5.41, 5.74) is 1.22. The van der Waals surface area contributed by atoms with Gasteiger partial charge in [0.15, 0.2) is 0 Å². The molecule has 1 aromatic rings. The molecule has 0 radical (unpaired) electrons. The Hall–Kier alpha value is -0.340. The summed E-state index contributed by atoms with van der Waals surface area (Å²) in [4.78, 5) is 0. The first-order valence-electron chi connectivity index (χ1n) is 5.51. The van der Waals surface area contributed by atoms with Crippen molar-refractivity contribution in [2.24, 2.45) is 5.92 Å². The van der Waals surface area contributed by atoms with E-state index in [-0.39, 0.29) is 0 Å².